The molecule has 1 aliphatic rings. The van der Waals surface area contributed by atoms with Crippen molar-refractivity contribution in [1.82, 2.24) is 4.98 Å². The van der Waals surface area contributed by atoms with Crippen LogP contribution in [0.25, 0.3) is 11.1 Å². The molecule has 1 atom stereocenters. The monoisotopic (exact) mass is 274 g/mol. The molecule has 1 saturated heterocycles. The Kier molecular flexibility index (Phi) is 3.31. The molecule has 1 unspecified atom stereocenters. The molecule has 0 spiro atoms. The first-order valence-electron chi connectivity index (χ1n) is 6.57. The van der Waals surface area contributed by atoms with Crippen molar-refractivity contribution in [3.63, 3.8) is 0 Å². The molecule has 6 nitrogen and oxygen atoms in total. The quantitative estimate of drug-likeness (QED) is 0.910. The third-order valence-electron chi connectivity index (χ3n) is 3.57. The van der Waals surface area contributed by atoms with E-state index in [1.807, 2.05) is 0 Å². The van der Waals surface area contributed by atoms with Crippen molar-refractivity contribution in [2.24, 2.45) is 5.73 Å². The Balaban J connectivity index is 2.00. The molecule has 2 heterocycles. The molecule has 1 amide bonds. The highest BCUT2D eigenvalue weighted by Gasteiger charge is 2.28. The Morgan fingerprint density at radius 1 is 1.70 bits per heavy atom. The highest BCUT2D eigenvalue weighted by Crippen LogP contribution is 2.29. The van der Waals surface area contributed by atoms with Gasteiger partial charge >= 0.3 is 0 Å². The molecule has 0 aliphatic carbocycles. The molecular formula is C14H16N3O3. The molecule has 0 saturated carbocycles. The Labute approximate surface area is 116 Å². The number of fused-ring (bicyclic) bond motifs is 1. The van der Waals surface area contributed by atoms with E-state index in [0.717, 1.165) is 19.4 Å². The molecular weight excluding hydrogens is 258 g/mol. The lowest BCUT2D eigenvalue weighted by molar-refractivity contribution is 0.100. The second-order valence-corrected chi connectivity index (χ2v) is 4.87. The molecule has 105 valence electrons. The van der Waals surface area contributed by atoms with Crippen molar-refractivity contribution in [3.8, 4) is 0 Å². The van der Waals surface area contributed by atoms with Crippen LogP contribution in [0.2, 0.25) is 0 Å². The molecule has 1 aliphatic heterocycles. The lowest BCUT2D eigenvalue weighted by Crippen LogP contribution is -2.32. The minimum Gasteiger partial charge on any atom is -0.423 e. The van der Waals surface area contributed by atoms with Crippen LogP contribution in [0.1, 0.15) is 23.2 Å². The Morgan fingerprint density at radius 2 is 2.55 bits per heavy atom. The van der Waals surface area contributed by atoms with Crippen molar-refractivity contribution in [3.05, 3.63) is 23.8 Å². The smallest absolute Gasteiger partial charge is 0.298 e. The lowest BCUT2D eigenvalue weighted by atomic mass is 10.2. The fourth-order valence-corrected chi connectivity index (χ4v) is 2.65. The first-order valence-corrected chi connectivity index (χ1v) is 6.57. The number of nitrogens with two attached hydrogens (primary N) is 1. The summed E-state index contributed by atoms with van der Waals surface area (Å²) in [5, 5.41) is 0. The number of carbonyl (C=O) groups is 1. The second-order valence-electron chi connectivity index (χ2n) is 4.87. The highest BCUT2D eigenvalue weighted by atomic mass is 16.5. The zero-order valence-electron chi connectivity index (χ0n) is 11.3. The number of hydrogen-bond donors (Lipinski definition) is 1. The zero-order valence-corrected chi connectivity index (χ0v) is 11.3. The van der Waals surface area contributed by atoms with E-state index in [0.29, 0.717) is 23.7 Å². The van der Waals surface area contributed by atoms with Crippen LogP contribution in [0, 0.1) is 6.07 Å². The maximum atomic E-state index is 11.4. The van der Waals surface area contributed by atoms with Crippen LogP contribution < -0.4 is 10.6 Å². The number of nitrogens with zero attached hydrogens (tertiary/aromatic N) is 2. The van der Waals surface area contributed by atoms with E-state index in [-0.39, 0.29) is 11.6 Å². The zero-order chi connectivity index (χ0) is 14.1. The third kappa shape index (κ3) is 2.12. The first-order chi connectivity index (χ1) is 9.70. The van der Waals surface area contributed by atoms with Gasteiger partial charge in [-0.1, -0.05) is 0 Å². The van der Waals surface area contributed by atoms with E-state index in [2.05, 4.69) is 16.0 Å². The number of hydrogen-bond acceptors (Lipinski definition) is 5. The highest BCUT2D eigenvalue weighted by molar-refractivity contribution is 6.03. The molecule has 1 aromatic heterocycles. The van der Waals surface area contributed by atoms with Crippen LogP contribution in [0.4, 0.5) is 6.01 Å². The number of methoxy groups -OCH3 is 1. The molecule has 3 rings (SSSR count). The third-order valence-corrected chi connectivity index (χ3v) is 3.57. The number of amides is 1. The van der Waals surface area contributed by atoms with Crippen molar-refractivity contribution < 1.29 is 13.9 Å². The van der Waals surface area contributed by atoms with Crippen molar-refractivity contribution in [2.45, 2.75) is 18.9 Å². The summed E-state index contributed by atoms with van der Waals surface area (Å²) >= 11 is 0. The van der Waals surface area contributed by atoms with E-state index >= 15 is 0 Å². The SMILES string of the molecule is COCC1CCCN1c1nc2c(C(N)=O)[c]ccc2o1. The summed E-state index contributed by atoms with van der Waals surface area (Å²) in [6, 6.07) is 6.94. The van der Waals surface area contributed by atoms with Crippen LogP contribution in [0.15, 0.2) is 16.5 Å². The fourth-order valence-electron chi connectivity index (χ4n) is 2.65. The molecule has 2 aromatic rings. The summed E-state index contributed by atoms with van der Waals surface area (Å²) in [6.45, 7) is 1.50. The average Bonchev–Trinajstić information content (AvgIpc) is 3.03. The van der Waals surface area contributed by atoms with Crippen molar-refractivity contribution in [2.75, 3.05) is 25.2 Å². The molecule has 6 heteroatoms. The van der Waals surface area contributed by atoms with Gasteiger partial charge in [0.2, 0.25) is 0 Å². The number of anilines is 1. The van der Waals surface area contributed by atoms with Gasteiger partial charge in [-0.15, -0.1) is 0 Å². The average molecular weight is 274 g/mol. The van der Waals surface area contributed by atoms with E-state index in [9.17, 15) is 4.79 Å². The van der Waals surface area contributed by atoms with Crippen LogP contribution in [0.3, 0.4) is 0 Å². The Bertz CT molecular complexity index is 638. The number of ether oxygens (including phenoxy) is 1. The van der Waals surface area contributed by atoms with Crippen molar-refractivity contribution in [1.29, 1.82) is 0 Å². The lowest BCUT2D eigenvalue weighted by Gasteiger charge is -2.21. The number of rotatable bonds is 4. The van der Waals surface area contributed by atoms with Crippen LogP contribution in [-0.2, 0) is 4.74 Å². The summed E-state index contributed by atoms with van der Waals surface area (Å²) in [5.41, 5.74) is 6.62. The van der Waals surface area contributed by atoms with Gasteiger partial charge in [0.1, 0.15) is 5.52 Å². The van der Waals surface area contributed by atoms with Gasteiger partial charge in [0.25, 0.3) is 11.9 Å². The molecule has 20 heavy (non-hydrogen) atoms. The summed E-state index contributed by atoms with van der Waals surface area (Å²) < 4.78 is 11.0. The fraction of sp³-hybridized carbons (Fsp3) is 0.429. The van der Waals surface area contributed by atoms with E-state index in [4.69, 9.17) is 14.9 Å². The molecule has 2 N–H and O–H groups in total. The largest absolute Gasteiger partial charge is 0.423 e. The predicted molar refractivity (Wildman–Crippen MR) is 73.6 cm³/mol. The van der Waals surface area contributed by atoms with Crippen molar-refractivity contribution >= 4 is 23.0 Å². The Morgan fingerprint density at radius 3 is 3.30 bits per heavy atom. The van der Waals surface area contributed by atoms with E-state index in [1.165, 1.54) is 0 Å². The number of benzene rings is 1. The number of aromatic nitrogens is 1. The molecule has 1 fully saturated rings. The van der Waals surface area contributed by atoms with Gasteiger partial charge in [0.15, 0.2) is 5.58 Å². The molecule has 0 bridgehead atoms. The summed E-state index contributed by atoms with van der Waals surface area (Å²) in [5.74, 6) is -0.551. The van der Waals surface area contributed by atoms with E-state index in [1.54, 1.807) is 19.2 Å². The van der Waals surface area contributed by atoms with Gasteiger partial charge in [0, 0.05) is 13.7 Å². The van der Waals surface area contributed by atoms with Crippen LogP contribution in [0.5, 0.6) is 0 Å². The minimum absolute atomic E-state index is 0.258. The number of carbonyl (C=O) groups excluding carboxylic acids is 1. The minimum atomic E-state index is -0.551. The van der Waals surface area contributed by atoms with Gasteiger partial charge in [-0.05, 0) is 31.0 Å². The molecule has 1 aromatic carbocycles. The molecule has 1 radical (unpaired) electrons. The van der Waals surface area contributed by atoms with Crippen LogP contribution in [-0.4, -0.2) is 37.2 Å². The first kappa shape index (κ1) is 12.9. The Hall–Kier alpha value is -2.08. The van der Waals surface area contributed by atoms with Gasteiger partial charge in [-0.3, -0.25) is 4.79 Å². The summed E-state index contributed by atoms with van der Waals surface area (Å²) in [4.78, 5) is 17.9. The normalized spacial score (nSPS) is 18.9. The maximum Gasteiger partial charge on any atom is 0.298 e. The number of oxazole rings is 1. The van der Waals surface area contributed by atoms with Crippen LogP contribution >= 0.6 is 0 Å². The van der Waals surface area contributed by atoms with Gasteiger partial charge in [-0.2, -0.15) is 4.98 Å². The maximum absolute atomic E-state index is 11.4. The van der Waals surface area contributed by atoms with Gasteiger partial charge in [-0.25, -0.2) is 0 Å². The van der Waals surface area contributed by atoms with Gasteiger partial charge < -0.3 is 19.8 Å². The summed E-state index contributed by atoms with van der Waals surface area (Å²) in [7, 11) is 1.68. The van der Waals surface area contributed by atoms with E-state index < -0.39 is 5.91 Å². The van der Waals surface area contributed by atoms with Gasteiger partial charge in [0.05, 0.1) is 18.2 Å². The standard InChI is InChI=1S/C14H16N3O3/c1-19-8-9-4-3-7-17(9)14-16-12-10(13(15)18)5-2-6-11(12)20-14/h2,6,9H,3-4,7-8H2,1H3,(H2,15,18). The summed E-state index contributed by atoms with van der Waals surface area (Å²) in [6.07, 6.45) is 2.11. The predicted octanol–water partition coefficient (Wildman–Crippen LogP) is 1.34. The number of primary amides is 1. The topological polar surface area (TPSA) is 81.6 Å². The second kappa shape index (κ2) is 5.13.